The van der Waals surface area contributed by atoms with Gasteiger partial charge in [-0.25, -0.2) is 18.1 Å². The predicted molar refractivity (Wildman–Crippen MR) is 77.6 cm³/mol. The third kappa shape index (κ3) is 4.47. The van der Waals surface area contributed by atoms with Crippen molar-refractivity contribution in [2.24, 2.45) is 11.8 Å². The molecule has 1 aromatic heterocycles. The van der Waals surface area contributed by atoms with Gasteiger partial charge in [0.1, 0.15) is 0 Å². The Bertz CT molecular complexity index is 500. The van der Waals surface area contributed by atoms with Crippen LogP contribution in [0.5, 0.6) is 0 Å². The van der Waals surface area contributed by atoms with Gasteiger partial charge in [-0.3, -0.25) is 0 Å². The Hall–Kier alpha value is -1.14. The molecular formula is C13H23N3O2S. The van der Waals surface area contributed by atoms with Crippen LogP contribution < -0.4 is 10.0 Å². The number of hydrogen-bond donors (Lipinski definition) is 2. The van der Waals surface area contributed by atoms with Crippen LogP contribution in [-0.2, 0) is 10.0 Å². The lowest BCUT2D eigenvalue weighted by Crippen LogP contribution is -2.31. The van der Waals surface area contributed by atoms with Gasteiger partial charge < -0.3 is 5.32 Å². The summed E-state index contributed by atoms with van der Waals surface area (Å²) in [5.74, 6) is 0.709. The molecule has 0 fully saturated rings. The summed E-state index contributed by atoms with van der Waals surface area (Å²) in [6.07, 6.45) is 1.49. The first-order valence-corrected chi connectivity index (χ1v) is 8.05. The number of nitrogens with zero attached hydrogens (tertiary/aromatic N) is 1. The van der Waals surface area contributed by atoms with E-state index in [0.717, 1.165) is 0 Å². The summed E-state index contributed by atoms with van der Waals surface area (Å²) in [4.78, 5) is 3.98. The molecule has 0 aromatic carbocycles. The van der Waals surface area contributed by atoms with Gasteiger partial charge in [0, 0.05) is 19.3 Å². The van der Waals surface area contributed by atoms with Crippen molar-refractivity contribution in [3.05, 3.63) is 18.3 Å². The SMILES string of the molecule is CCNc1cccnc1S(=O)(=O)NCC(C)C(C)C. The van der Waals surface area contributed by atoms with Crippen LogP contribution in [0.15, 0.2) is 23.4 Å². The minimum atomic E-state index is -3.57. The van der Waals surface area contributed by atoms with Gasteiger partial charge in [-0.05, 0) is 30.9 Å². The summed E-state index contributed by atoms with van der Waals surface area (Å²) >= 11 is 0. The number of pyridine rings is 1. The number of hydrogen-bond acceptors (Lipinski definition) is 4. The van der Waals surface area contributed by atoms with E-state index >= 15 is 0 Å². The fourth-order valence-electron chi connectivity index (χ4n) is 1.48. The van der Waals surface area contributed by atoms with Crippen LogP contribution in [0.1, 0.15) is 27.7 Å². The summed E-state index contributed by atoms with van der Waals surface area (Å²) in [5, 5.41) is 3.07. The molecule has 2 N–H and O–H groups in total. The molecule has 1 rings (SSSR count). The highest BCUT2D eigenvalue weighted by Crippen LogP contribution is 2.18. The lowest BCUT2D eigenvalue weighted by Gasteiger charge is -2.17. The van der Waals surface area contributed by atoms with Crippen molar-refractivity contribution in [2.45, 2.75) is 32.7 Å². The maximum atomic E-state index is 12.2. The van der Waals surface area contributed by atoms with Gasteiger partial charge in [0.2, 0.25) is 0 Å². The van der Waals surface area contributed by atoms with Gasteiger partial charge in [-0.2, -0.15) is 0 Å². The molecule has 0 radical (unpaired) electrons. The van der Waals surface area contributed by atoms with Crippen LogP contribution in [0.2, 0.25) is 0 Å². The summed E-state index contributed by atoms with van der Waals surface area (Å²) in [5.41, 5.74) is 0.537. The van der Waals surface area contributed by atoms with E-state index in [9.17, 15) is 8.42 Å². The van der Waals surface area contributed by atoms with E-state index in [0.29, 0.717) is 24.7 Å². The van der Waals surface area contributed by atoms with Gasteiger partial charge in [-0.15, -0.1) is 0 Å². The van der Waals surface area contributed by atoms with Crippen LogP contribution in [0, 0.1) is 11.8 Å². The zero-order chi connectivity index (χ0) is 14.5. The third-order valence-corrected chi connectivity index (χ3v) is 4.51. The maximum Gasteiger partial charge on any atom is 0.260 e. The molecule has 0 bridgehead atoms. The highest BCUT2D eigenvalue weighted by atomic mass is 32.2. The Kier molecular flexibility index (Phi) is 5.75. The highest BCUT2D eigenvalue weighted by Gasteiger charge is 2.21. The molecule has 1 atom stereocenters. The molecule has 0 spiro atoms. The second kappa shape index (κ2) is 6.86. The third-order valence-electron chi connectivity index (χ3n) is 3.13. The Labute approximate surface area is 115 Å². The van der Waals surface area contributed by atoms with Gasteiger partial charge in [0.05, 0.1) is 5.69 Å². The topological polar surface area (TPSA) is 71.1 Å². The standard InChI is InChI=1S/C13H23N3O2S/c1-5-14-12-7-6-8-15-13(12)19(17,18)16-9-11(4)10(2)3/h6-8,10-11,14,16H,5,9H2,1-4H3. The van der Waals surface area contributed by atoms with Crippen molar-refractivity contribution in [3.8, 4) is 0 Å². The van der Waals surface area contributed by atoms with Gasteiger partial charge in [0.25, 0.3) is 10.0 Å². The molecule has 0 aliphatic carbocycles. The molecule has 0 aliphatic heterocycles. The van der Waals surface area contributed by atoms with Crippen LogP contribution in [0.3, 0.4) is 0 Å². The summed E-state index contributed by atoms with van der Waals surface area (Å²) in [7, 11) is -3.57. The molecule has 0 saturated heterocycles. The lowest BCUT2D eigenvalue weighted by molar-refractivity contribution is 0.414. The van der Waals surface area contributed by atoms with E-state index in [1.54, 1.807) is 12.1 Å². The molecule has 108 valence electrons. The first-order chi connectivity index (χ1) is 8.88. The molecule has 0 aliphatic rings. The number of nitrogens with one attached hydrogen (secondary N) is 2. The van der Waals surface area contributed by atoms with Crippen LogP contribution in [0.4, 0.5) is 5.69 Å². The monoisotopic (exact) mass is 285 g/mol. The van der Waals surface area contributed by atoms with E-state index in [1.807, 2.05) is 13.8 Å². The molecule has 1 aromatic rings. The van der Waals surface area contributed by atoms with Crippen LogP contribution >= 0.6 is 0 Å². The Morgan fingerprint density at radius 1 is 1.32 bits per heavy atom. The zero-order valence-electron chi connectivity index (χ0n) is 12.0. The van der Waals surface area contributed by atoms with E-state index in [1.165, 1.54) is 6.20 Å². The Balaban J connectivity index is 2.88. The predicted octanol–water partition coefficient (Wildman–Crippen LogP) is 2.08. The molecule has 5 nitrogen and oxygen atoms in total. The van der Waals surface area contributed by atoms with E-state index < -0.39 is 10.0 Å². The van der Waals surface area contributed by atoms with Crippen molar-refractivity contribution in [3.63, 3.8) is 0 Å². The molecule has 1 heterocycles. The van der Waals surface area contributed by atoms with E-state index in [4.69, 9.17) is 0 Å². The fourth-order valence-corrected chi connectivity index (χ4v) is 2.72. The van der Waals surface area contributed by atoms with Crippen molar-refractivity contribution in [1.82, 2.24) is 9.71 Å². The largest absolute Gasteiger partial charge is 0.383 e. The average molecular weight is 285 g/mol. The molecule has 6 heteroatoms. The first-order valence-electron chi connectivity index (χ1n) is 6.57. The Morgan fingerprint density at radius 2 is 2.00 bits per heavy atom. The second-order valence-electron chi connectivity index (χ2n) is 4.96. The van der Waals surface area contributed by atoms with Crippen molar-refractivity contribution < 1.29 is 8.42 Å². The molecule has 19 heavy (non-hydrogen) atoms. The van der Waals surface area contributed by atoms with Gasteiger partial charge >= 0.3 is 0 Å². The van der Waals surface area contributed by atoms with Crippen molar-refractivity contribution in [2.75, 3.05) is 18.4 Å². The van der Waals surface area contributed by atoms with Crippen LogP contribution in [0.25, 0.3) is 0 Å². The van der Waals surface area contributed by atoms with E-state index in [-0.39, 0.29) is 10.9 Å². The quantitative estimate of drug-likeness (QED) is 0.804. The normalized spacial score (nSPS) is 13.5. The van der Waals surface area contributed by atoms with Crippen molar-refractivity contribution >= 4 is 15.7 Å². The zero-order valence-corrected chi connectivity index (χ0v) is 12.8. The lowest BCUT2D eigenvalue weighted by atomic mass is 9.99. The number of rotatable bonds is 7. The number of anilines is 1. The van der Waals surface area contributed by atoms with Gasteiger partial charge in [0.15, 0.2) is 5.03 Å². The van der Waals surface area contributed by atoms with Crippen molar-refractivity contribution in [1.29, 1.82) is 0 Å². The first kappa shape index (κ1) is 15.9. The maximum absolute atomic E-state index is 12.2. The molecule has 0 amide bonds. The average Bonchev–Trinajstić information content (AvgIpc) is 2.37. The summed E-state index contributed by atoms with van der Waals surface area (Å²) < 4.78 is 27.1. The fraction of sp³-hybridized carbons (Fsp3) is 0.615. The summed E-state index contributed by atoms with van der Waals surface area (Å²) in [6, 6.07) is 3.44. The van der Waals surface area contributed by atoms with E-state index in [2.05, 4.69) is 28.9 Å². The van der Waals surface area contributed by atoms with Crippen LogP contribution in [-0.4, -0.2) is 26.5 Å². The second-order valence-corrected chi connectivity index (χ2v) is 6.64. The minimum absolute atomic E-state index is 0.0628. The smallest absolute Gasteiger partial charge is 0.260 e. The Morgan fingerprint density at radius 3 is 2.58 bits per heavy atom. The minimum Gasteiger partial charge on any atom is -0.383 e. The summed E-state index contributed by atoms with van der Waals surface area (Å²) in [6.45, 7) is 9.15. The molecule has 0 saturated carbocycles. The molecule has 1 unspecified atom stereocenters. The number of sulfonamides is 1. The number of aromatic nitrogens is 1. The molecular weight excluding hydrogens is 262 g/mol. The highest BCUT2D eigenvalue weighted by molar-refractivity contribution is 7.89. The van der Waals surface area contributed by atoms with Gasteiger partial charge in [-0.1, -0.05) is 20.8 Å².